The van der Waals surface area contributed by atoms with Gasteiger partial charge in [-0.25, -0.2) is 4.79 Å². The molecule has 2 aromatic carbocycles. The molecule has 1 N–H and O–H groups in total. The molecule has 1 heterocycles. The molecule has 1 aliphatic rings. The molecular weight excluding hydrogens is 400 g/mol. The lowest BCUT2D eigenvalue weighted by atomic mass is 9.65. The fraction of sp³-hybridized carbons (Fsp3) is 0.444. The Morgan fingerprint density at radius 3 is 2.31 bits per heavy atom. The van der Waals surface area contributed by atoms with Crippen LogP contribution in [0.25, 0.3) is 6.08 Å². The van der Waals surface area contributed by atoms with E-state index in [1.54, 1.807) is 12.0 Å². The van der Waals surface area contributed by atoms with Crippen LogP contribution in [0.4, 0.5) is 4.79 Å². The Bertz CT molecular complexity index is 971. The number of ether oxygens (including phenoxy) is 1. The SMILES string of the molecule is COc1ccc(CN2CCN(C(=O)O)C(c3ccccc3C=C(C)C)(C(C)(C)C)C2)cc1. The van der Waals surface area contributed by atoms with E-state index in [4.69, 9.17) is 4.74 Å². The first-order chi connectivity index (χ1) is 15.1. The number of allylic oxidation sites excluding steroid dienone is 1. The lowest BCUT2D eigenvalue weighted by Gasteiger charge is -2.57. The molecule has 1 unspecified atom stereocenters. The molecule has 1 atom stereocenters. The van der Waals surface area contributed by atoms with E-state index >= 15 is 0 Å². The first-order valence-corrected chi connectivity index (χ1v) is 11.2. The van der Waals surface area contributed by atoms with Gasteiger partial charge in [0.15, 0.2) is 0 Å². The van der Waals surface area contributed by atoms with Gasteiger partial charge in [-0.3, -0.25) is 9.80 Å². The molecule has 1 aliphatic heterocycles. The molecule has 0 radical (unpaired) electrons. The zero-order chi connectivity index (χ0) is 23.5. The van der Waals surface area contributed by atoms with E-state index in [2.05, 4.69) is 69.9 Å². The maximum atomic E-state index is 12.5. The lowest BCUT2D eigenvalue weighted by molar-refractivity contribution is -0.0627. The van der Waals surface area contributed by atoms with Crippen molar-refractivity contribution >= 4 is 12.2 Å². The Kier molecular flexibility index (Phi) is 6.99. The molecule has 1 amide bonds. The van der Waals surface area contributed by atoms with E-state index in [1.165, 1.54) is 11.1 Å². The average Bonchev–Trinajstić information content (AvgIpc) is 2.73. The van der Waals surface area contributed by atoms with Crippen LogP contribution < -0.4 is 4.74 Å². The molecule has 32 heavy (non-hydrogen) atoms. The Morgan fingerprint density at radius 2 is 1.75 bits per heavy atom. The van der Waals surface area contributed by atoms with Crippen molar-refractivity contribution in [2.75, 3.05) is 26.7 Å². The van der Waals surface area contributed by atoms with Crippen molar-refractivity contribution in [1.29, 1.82) is 0 Å². The summed E-state index contributed by atoms with van der Waals surface area (Å²) in [7, 11) is 1.67. The highest BCUT2D eigenvalue weighted by Gasteiger charge is 2.53. The van der Waals surface area contributed by atoms with Gasteiger partial charge in [0.1, 0.15) is 5.75 Å². The molecule has 0 aromatic heterocycles. The summed E-state index contributed by atoms with van der Waals surface area (Å²) in [4.78, 5) is 16.6. The number of methoxy groups -OCH3 is 1. The number of benzene rings is 2. The van der Waals surface area contributed by atoms with Crippen LogP contribution in [0, 0.1) is 5.41 Å². The summed E-state index contributed by atoms with van der Waals surface area (Å²) in [6, 6.07) is 16.4. The molecular formula is C27H36N2O3. The van der Waals surface area contributed by atoms with Gasteiger partial charge in [-0.15, -0.1) is 0 Å². The van der Waals surface area contributed by atoms with Crippen molar-refractivity contribution in [3.8, 4) is 5.75 Å². The quantitative estimate of drug-likeness (QED) is 0.638. The molecule has 172 valence electrons. The zero-order valence-corrected chi connectivity index (χ0v) is 20.2. The molecule has 1 fully saturated rings. The predicted octanol–water partition coefficient (Wildman–Crippen LogP) is 5.86. The Morgan fingerprint density at radius 1 is 1.09 bits per heavy atom. The lowest BCUT2D eigenvalue weighted by Crippen LogP contribution is -2.66. The number of carbonyl (C=O) groups is 1. The molecule has 1 saturated heterocycles. The summed E-state index contributed by atoms with van der Waals surface area (Å²) in [5, 5.41) is 10.3. The van der Waals surface area contributed by atoms with Crippen LogP contribution in [0.2, 0.25) is 0 Å². The highest BCUT2D eigenvalue weighted by molar-refractivity contribution is 5.69. The zero-order valence-electron chi connectivity index (χ0n) is 20.2. The van der Waals surface area contributed by atoms with Gasteiger partial charge in [-0.05, 0) is 48.1 Å². The summed E-state index contributed by atoms with van der Waals surface area (Å²) in [6.45, 7) is 13.2. The minimum absolute atomic E-state index is 0.324. The van der Waals surface area contributed by atoms with Crippen LogP contribution in [0.15, 0.2) is 54.1 Å². The minimum atomic E-state index is -0.865. The molecule has 5 heteroatoms. The number of carboxylic acid groups (broad SMARTS) is 1. The molecule has 0 saturated carbocycles. The van der Waals surface area contributed by atoms with Crippen LogP contribution in [0.5, 0.6) is 5.75 Å². The summed E-state index contributed by atoms with van der Waals surface area (Å²) >= 11 is 0. The first kappa shape index (κ1) is 23.9. The maximum absolute atomic E-state index is 12.5. The second-order valence-electron chi connectivity index (χ2n) is 9.91. The number of hydrogen-bond donors (Lipinski definition) is 1. The Balaban J connectivity index is 2.10. The minimum Gasteiger partial charge on any atom is -0.497 e. The maximum Gasteiger partial charge on any atom is 0.408 e. The van der Waals surface area contributed by atoms with Gasteiger partial charge in [0.25, 0.3) is 0 Å². The van der Waals surface area contributed by atoms with E-state index in [0.29, 0.717) is 19.6 Å². The fourth-order valence-corrected chi connectivity index (χ4v) is 4.89. The smallest absolute Gasteiger partial charge is 0.408 e. The summed E-state index contributed by atoms with van der Waals surface area (Å²) < 4.78 is 5.29. The third-order valence-corrected chi connectivity index (χ3v) is 6.44. The van der Waals surface area contributed by atoms with Crippen molar-refractivity contribution < 1.29 is 14.6 Å². The van der Waals surface area contributed by atoms with E-state index in [9.17, 15) is 9.90 Å². The normalized spacial score (nSPS) is 19.5. The Labute approximate surface area is 192 Å². The summed E-state index contributed by atoms with van der Waals surface area (Å²) in [5.74, 6) is 0.837. The van der Waals surface area contributed by atoms with Gasteiger partial charge in [0.05, 0.1) is 12.6 Å². The third kappa shape index (κ3) is 4.68. The number of piperazine rings is 1. The average molecular weight is 437 g/mol. The predicted molar refractivity (Wildman–Crippen MR) is 130 cm³/mol. The molecule has 0 aliphatic carbocycles. The van der Waals surface area contributed by atoms with Crippen LogP contribution in [0.3, 0.4) is 0 Å². The third-order valence-electron chi connectivity index (χ3n) is 6.44. The van der Waals surface area contributed by atoms with Crippen LogP contribution in [-0.4, -0.2) is 47.7 Å². The molecule has 0 bridgehead atoms. The van der Waals surface area contributed by atoms with Gasteiger partial charge in [-0.1, -0.05) is 68.8 Å². The van der Waals surface area contributed by atoms with Crippen LogP contribution in [0.1, 0.15) is 51.3 Å². The number of hydrogen-bond acceptors (Lipinski definition) is 3. The molecule has 3 rings (SSSR count). The highest BCUT2D eigenvalue weighted by Crippen LogP contribution is 2.48. The molecule has 2 aromatic rings. The van der Waals surface area contributed by atoms with E-state index in [1.807, 2.05) is 24.3 Å². The monoisotopic (exact) mass is 436 g/mol. The van der Waals surface area contributed by atoms with Crippen molar-refractivity contribution in [3.63, 3.8) is 0 Å². The summed E-state index contributed by atoms with van der Waals surface area (Å²) in [6.07, 6.45) is 1.29. The molecule has 5 nitrogen and oxygen atoms in total. The van der Waals surface area contributed by atoms with E-state index in [0.717, 1.165) is 23.4 Å². The van der Waals surface area contributed by atoms with Gasteiger partial charge in [-0.2, -0.15) is 0 Å². The first-order valence-electron chi connectivity index (χ1n) is 11.2. The van der Waals surface area contributed by atoms with Crippen molar-refractivity contribution in [1.82, 2.24) is 9.80 Å². The van der Waals surface area contributed by atoms with Crippen LogP contribution in [-0.2, 0) is 12.1 Å². The van der Waals surface area contributed by atoms with Crippen molar-refractivity contribution in [3.05, 3.63) is 70.8 Å². The largest absolute Gasteiger partial charge is 0.497 e. The topological polar surface area (TPSA) is 53.0 Å². The van der Waals surface area contributed by atoms with Crippen molar-refractivity contribution in [2.24, 2.45) is 5.41 Å². The van der Waals surface area contributed by atoms with E-state index in [-0.39, 0.29) is 5.41 Å². The number of rotatable bonds is 5. The molecule has 0 spiro atoms. The van der Waals surface area contributed by atoms with Gasteiger partial charge in [0, 0.05) is 26.2 Å². The van der Waals surface area contributed by atoms with E-state index < -0.39 is 11.6 Å². The van der Waals surface area contributed by atoms with Gasteiger partial charge in [0.2, 0.25) is 0 Å². The number of nitrogens with zero attached hydrogens (tertiary/aromatic N) is 2. The van der Waals surface area contributed by atoms with Gasteiger partial charge >= 0.3 is 6.09 Å². The van der Waals surface area contributed by atoms with Gasteiger partial charge < -0.3 is 9.84 Å². The highest BCUT2D eigenvalue weighted by atomic mass is 16.5. The number of amides is 1. The second-order valence-corrected chi connectivity index (χ2v) is 9.91. The standard InChI is InChI=1S/C27H36N2O3/c1-20(2)17-22-9-7-8-10-24(22)27(26(3,4)5)19-28(15-16-29(27)25(30)31)18-21-11-13-23(32-6)14-12-21/h7-14,17H,15-16,18-19H2,1-6H3,(H,30,31). The summed E-state index contributed by atoms with van der Waals surface area (Å²) in [5.41, 5.74) is 3.52. The second kappa shape index (κ2) is 9.37. The fourth-order valence-electron chi connectivity index (χ4n) is 4.89. The van der Waals surface area contributed by atoms with Crippen LogP contribution >= 0.6 is 0 Å². The Hall–Kier alpha value is -2.79. The van der Waals surface area contributed by atoms with Crippen molar-refractivity contribution in [2.45, 2.75) is 46.7 Å².